The van der Waals surface area contributed by atoms with E-state index in [-0.39, 0.29) is 10.7 Å². The van der Waals surface area contributed by atoms with E-state index < -0.39 is 0 Å². The third-order valence-electron chi connectivity index (χ3n) is 1.86. The van der Waals surface area contributed by atoms with Crippen LogP contribution in [0.5, 0.6) is 0 Å². The first kappa shape index (κ1) is 12.5. The first-order valence-electron chi connectivity index (χ1n) is 4.63. The largest absolute Gasteiger partial charge is 0.269 e. The predicted molar refractivity (Wildman–Crippen MR) is 61.5 cm³/mol. The number of aliphatic imine (C=N–C) groups is 1. The fourth-order valence-electron chi connectivity index (χ4n) is 0.535. The molecule has 0 rings (SSSR count). The van der Waals surface area contributed by atoms with Gasteiger partial charge < -0.3 is 0 Å². The molecule has 0 saturated heterocycles. The van der Waals surface area contributed by atoms with Crippen molar-refractivity contribution >= 4 is 14.1 Å². The lowest BCUT2D eigenvalue weighted by Crippen LogP contribution is -2.06. The molecule has 0 N–H and O–H groups in total. The first-order chi connectivity index (χ1) is 5.63. The highest BCUT2D eigenvalue weighted by Crippen LogP contribution is 2.24. The molecule has 72 valence electrons. The van der Waals surface area contributed by atoms with Crippen LogP contribution in [0.15, 0.2) is 16.8 Å². The summed E-state index contributed by atoms with van der Waals surface area (Å²) in [7, 11) is 5.75. The van der Waals surface area contributed by atoms with Gasteiger partial charge in [0.15, 0.2) is 0 Å². The van der Waals surface area contributed by atoms with Crippen LogP contribution in [-0.4, -0.2) is 14.1 Å². The van der Waals surface area contributed by atoms with Crippen LogP contribution < -0.4 is 0 Å². The molecule has 0 aromatic heterocycles. The van der Waals surface area contributed by atoms with Gasteiger partial charge in [0.25, 0.3) is 0 Å². The number of hydrogen-bond donors (Lipinski definition) is 0. The maximum Gasteiger partial charge on any atom is 0.0815 e. The van der Waals surface area contributed by atoms with Gasteiger partial charge in [0.2, 0.25) is 0 Å². The van der Waals surface area contributed by atoms with Crippen LogP contribution in [0.4, 0.5) is 0 Å². The van der Waals surface area contributed by atoms with Crippen molar-refractivity contribution in [1.82, 2.24) is 0 Å². The maximum atomic E-state index is 5.75. The van der Waals surface area contributed by atoms with Gasteiger partial charge in [-0.05, 0) is 23.2 Å². The van der Waals surface area contributed by atoms with Gasteiger partial charge in [0.1, 0.15) is 0 Å². The summed E-state index contributed by atoms with van der Waals surface area (Å²) in [6, 6.07) is 0. The van der Waals surface area contributed by atoms with Crippen LogP contribution in [0.25, 0.3) is 0 Å². The standard InChI is InChI=1S/C11H20BN/c1-9(10(2,3)4)7-13-8-11(5,6)12/h7-8H,1-6H3/b9-7-,13-8?. The highest BCUT2D eigenvalue weighted by molar-refractivity contribution is 6.24. The van der Waals surface area contributed by atoms with Crippen LogP contribution in [0, 0.1) is 5.41 Å². The minimum Gasteiger partial charge on any atom is -0.269 e. The molecule has 0 spiro atoms. The van der Waals surface area contributed by atoms with Gasteiger partial charge >= 0.3 is 0 Å². The van der Waals surface area contributed by atoms with Crippen LogP contribution in [0.1, 0.15) is 41.5 Å². The summed E-state index contributed by atoms with van der Waals surface area (Å²) < 4.78 is 0. The van der Waals surface area contributed by atoms with E-state index >= 15 is 0 Å². The van der Waals surface area contributed by atoms with E-state index in [1.54, 1.807) is 6.21 Å². The predicted octanol–water partition coefficient (Wildman–Crippen LogP) is 3.37. The topological polar surface area (TPSA) is 12.4 Å². The van der Waals surface area contributed by atoms with Gasteiger partial charge in [-0.1, -0.05) is 34.6 Å². The highest BCUT2D eigenvalue weighted by atomic mass is 14.7. The molecule has 0 aromatic rings. The molecular formula is C11H20BN. The lowest BCUT2D eigenvalue weighted by molar-refractivity contribution is 0.502. The lowest BCUT2D eigenvalue weighted by atomic mass is 9.74. The van der Waals surface area contributed by atoms with E-state index in [9.17, 15) is 0 Å². The minimum atomic E-state index is -0.325. The molecule has 0 aliphatic heterocycles. The second-order valence-electron chi connectivity index (χ2n) is 5.16. The molecule has 0 amide bonds. The molecule has 0 unspecified atom stereocenters. The Morgan fingerprint density at radius 2 is 1.62 bits per heavy atom. The van der Waals surface area contributed by atoms with Crippen molar-refractivity contribution in [3.8, 4) is 0 Å². The second kappa shape index (κ2) is 4.12. The highest BCUT2D eigenvalue weighted by Gasteiger charge is 2.11. The summed E-state index contributed by atoms with van der Waals surface area (Å²) in [4.78, 5) is 4.20. The Labute approximate surface area is 83.7 Å². The van der Waals surface area contributed by atoms with Gasteiger partial charge in [0.05, 0.1) is 7.85 Å². The smallest absolute Gasteiger partial charge is 0.0815 e. The Hall–Kier alpha value is -0.525. The van der Waals surface area contributed by atoms with Crippen molar-refractivity contribution in [2.75, 3.05) is 0 Å². The van der Waals surface area contributed by atoms with Crippen molar-refractivity contribution in [1.29, 1.82) is 0 Å². The Morgan fingerprint density at radius 1 is 1.15 bits per heavy atom. The molecule has 0 aromatic carbocycles. The molecule has 0 aliphatic carbocycles. The van der Waals surface area contributed by atoms with Crippen LogP contribution in [0.3, 0.4) is 0 Å². The molecule has 0 heterocycles. The number of hydrogen-bond acceptors (Lipinski definition) is 1. The zero-order chi connectivity index (χ0) is 10.7. The summed E-state index contributed by atoms with van der Waals surface area (Å²) in [5.74, 6) is 0. The molecule has 2 heteroatoms. The quantitative estimate of drug-likeness (QED) is 0.453. The maximum absolute atomic E-state index is 5.75. The zero-order valence-corrected chi connectivity index (χ0v) is 9.68. The zero-order valence-electron chi connectivity index (χ0n) is 9.68. The Kier molecular flexibility index (Phi) is 3.96. The van der Waals surface area contributed by atoms with Crippen molar-refractivity contribution < 1.29 is 0 Å². The molecular weight excluding hydrogens is 157 g/mol. The third kappa shape index (κ3) is 6.62. The van der Waals surface area contributed by atoms with Gasteiger partial charge in [-0.3, -0.25) is 4.99 Å². The van der Waals surface area contributed by atoms with Crippen LogP contribution in [0.2, 0.25) is 5.31 Å². The Bertz CT molecular complexity index is 213. The van der Waals surface area contributed by atoms with E-state index in [1.165, 1.54) is 5.57 Å². The number of allylic oxidation sites excluding steroid dienone is 1. The molecule has 0 saturated carbocycles. The fraction of sp³-hybridized carbons (Fsp3) is 0.727. The number of nitrogens with zero attached hydrogens (tertiary/aromatic N) is 1. The van der Waals surface area contributed by atoms with E-state index in [0.29, 0.717) is 0 Å². The van der Waals surface area contributed by atoms with E-state index in [4.69, 9.17) is 7.85 Å². The normalized spacial score (nSPS) is 15.4. The van der Waals surface area contributed by atoms with Gasteiger partial charge in [0, 0.05) is 12.4 Å². The second-order valence-corrected chi connectivity index (χ2v) is 5.16. The summed E-state index contributed by atoms with van der Waals surface area (Å²) in [6.07, 6.45) is 3.65. The molecule has 2 radical (unpaired) electrons. The van der Waals surface area contributed by atoms with Crippen LogP contribution >= 0.6 is 0 Å². The third-order valence-corrected chi connectivity index (χ3v) is 1.86. The van der Waals surface area contributed by atoms with Gasteiger partial charge in [-0.15, -0.1) is 0 Å². The van der Waals surface area contributed by atoms with Crippen molar-refractivity contribution in [3.05, 3.63) is 11.8 Å². The molecule has 0 aliphatic rings. The first-order valence-corrected chi connectivity index (χ1v) is 4.63. The summed E-state index contributed by atoms with van der Waals surface area (Å²) >= 11 is 0. The Morgan fingerprint density at radius 3 is 1.92 bits per heavy atom. The van der Waals surface area contributed by atoms with Gasteiger partial charge in [-0.2, -0.15) is 0 Å². The molecule has 1 nitrogen and oxygen atoms in total. The van der Waals surface area contributed by atoms with E-state index in [0.717, 1.165) is 0 Å². The minimum absolute atomic E-state index is 0.191. The monoisotopic (exact) mass is 177 g/mol. The summed E-state index contributed by atoms with van der Waals surface area (Å²) in [5, 5.41) is -0.325. The molecule has 0 bridgehead atoms. The Balaban J connectivity index is 4.37. The van der Waals surface area contributed by atoms with Crippen molar-refractivity contribution in [3.63, 3.8) is 0 Å². The van der Waals surface area contributed by atoms with Crippen LogP contribution in [-0.2, 0) is 0 Å². The van der Waals surface area contributed by atoms with Crippen molar-refractivity contribution in [2.45, 2.75) is 46.9 Å². The average Bonchev–Trinajstić information content (AvgIpc) is 1.82. The summed E-state index contributed by atoms with van der Waals surface area (Å²) in [6.45, 7) is 12.4. The van der Waals surface area contributed by atoms with E-state index in [2.05, 4.69) is 32.7 Å². The van der Waals surface area contributed by atoms with Gasteiger partial charge in [-0.25, -0.2) is 0 Å². The SMILES string of the molecule is [B]C(C)(C)C=N/C=C(/C)C(C)(C)C. The van der Waals surface area contributed by atoms with E-state index in [1.807, 2.05) is 20.0 Å². The molecule has 0 atom stereocenters. The number of rotatable bonds is 2. The average molecular weight is 177 g/mol. The summed E-state index contributed by atoms with van der Waals surface area (Å²) in [5.41, 5.74) is 1.45. The van der Waals surface area contributed by atoms with Crippen molar-refractivity contribution in [2.24, 2.45) is 10.4 Å². The molecule has 13 heavy (non-hydrogen) atoms. The molecule has 0 fully saturated rings. The lowest BCUT2D eigenvalue weighted by Gasteiger charge is -2.18. The fourth-order valence-corrected chi connectivity index (χ4v) is 0.535.